The molecule has 1 aromatic heterocycles. The minimum atomic E-state index is -0.370. The molecule has 160 valence electrons. The molecule has 0 aliphatic heterocycles. The first-order valence-electron chi connectivity index (χ1n) is 10.3. The molecule has 0 saturated heterocycles. The minimum Gasteiger partial charge on any atom is -0.487 e. The van der Waals surface area contributed by atoms with Crippen LogP contribution >= 0.6 is 11.3 Å². The lowest BCUT2D eigenvalue weighted by Gasteiger charge is -2.30. The van der Waals surface area contributed by atoms with E-state index < -0.39 is 0 Å². The van der Waals surface area contributed by atoms with E-state index in [1.165, 1.54) is 18.3 Å². The van der Waals surface area contributed by atoms with Gasteiger partial charge in [-0.25, -0.2) is 9.37 Å². The molecule has 8 heteroatoms. The Morgan fingerprint density at radius 1 is 1.28 bits per heavy atom. The predicted molar refractivity (Wildman–Crippen MR) is 111 cm³/mol. The number of nitrogens with zero attached hydrogens (tertiary/aromatic N) is 1. The van der Waals surface area contributed by atoms with Crippen LogP contribution in [0.4, 0.5) is 4.39 Å². The van der Waals surface area contributed by atoms with Crippen LogP contribution in [0.5, 0.6) is 10.9 Å². The Morgan fingerprint density at radius 3 is 2.66 bits per heavy atom. The van der Waals surface area contributed by atoms with Gasteiger partial charge >= 0.3 is 0 Å². The Hall–Kier alpha value is -1.93. The van der Waals surface area contributed by atoms with Crippen molar-refractivity contribution in [3.63, 3.8) is 0 Å². The van der Waals surface area contributed by atoms with Crippen LogP contribution in [-0.4, -0.2) is 42.4 Å². The van der Waals surface area contributed by atoms with E-state index in [0.717, 1.165) is 32.1 Å². The number of nitrogens with one attached hydrogen (secondary N) is 1. The standard InChI is InChI=1S/C21H29FN2O4S/c1-4-14(23-13(3)25)12-27-15-6-8-16(9-7-15)28-18-11-10-17-20(19(18)22)29-21(24-17)26-5-2/h10-11,14-16H,4-9,12H2,1-3H3,(H,23,25)/t14-,15?,16?/m0/s1. The van der Waals surface area contributed by atoms with Gasteiger partial charge in [0.1, 0.15) is 0 Å². The van der Waals surface area contributed by atoms with Gasteiger partial charge in [0, 0.05) is 6.92 Å². The Labute approximate surface area is 174 Å². The molecule has 1 aliphatic carbocycles. The van der Waals surface area contributed by atoms with Crippen molar-refractivity contribution in [2.45, 2.75) is 71.1 Å². The summed E-state index contributed by atoms with van der Waals surface area (Å²) in [7, 11) is 0. The first-order chi connectivity index (χ1) is 14.0. The number of carbonyl (C=O) groups is 1. The van der Waals surface area contributed by atoms with Crippen LogP contribution in [0.25, 0.3) is 10.2 Å². The molecular formula is C21H29FN2O4S. The topological polar surface area (TPSA) is 69.7 Å². The number of benzene rings is 1. The lowest BCUT2D eigenvalue weighted by atomic mass is 9.95. The third kappa shape index (κ3) is 5.79. The average molecular weight is 425 g/mol. The normalized spacial score (nSPS) is 20.4. The fourth-order valence-corrected chi connectivity index (χ4v) is 4.40. The molecule has 29 heavy (non-hydrogen) atoms. The first-order valence-corrected chi connectivity index (χ1v) is 11.1. The minimum absolute atomic E-state index is 0.0293. The highest BCUT2D eigenvalue weighted by Gasteiger charge is 2.25. The summed E-state index contributed by atoms with van der Waals surface area (Å²) in [5, 5.41) is 3.37. The molecule has 0 bridgehead atoms. The molecule has 1 atom stereocenters. The fraction of sp³-hybridized carbons (Fsp3) is 0.619. The van der Waals surface area contributed by atoms with Gasteiger partial charge in [-0.2, -0.15) is 0 Å². The summed E-state index contributed by atoms with van der Waals surface area (Å²) in [6, 6.07) is 3.46. The monoisotopic (exact) mass is 424 g/mol. The molecule has 1 heterocycles. The number of thiazole rings is 1. The number of carbonyl (C=O) groups excluding carboxylic acids is 1. The zero-order valence-electron chi connectivity index (χ0n) is 17.2. The first kappa shape index (κ1) is 21.8. The zero-order chi connectivity index (χ0) is 20.8. The summed E-state index contributed by atoms with van der Waals surface area (Å²) in [5.74, 6) is -0.137. The van der Waals surface area contributed by atoms with Gasteiger partial charge in [-0.05, 0) is 51.2 Å². The Morgan fingerprint density at radius 2 is 2.00 bits per heavy atom. The maximum Gasteiger partial charge on any atom is 0.274 e. The number of aromatic nitrogens is 1. The van der Waals surface area contributed by atoms with Crippen LogP contribution in [-0.2, 0) is 9.53 Å². The van der Waals surface area contributed by atoms with Crippen molar-refractivity contribution in [2.24, 2.45) is 0 Å². The Kier molecular flexibility index (Phi) is 7.66. The van der Waals surface area contributed by atoms with E-state index in [9.17, 15) is 9.18 Å². The average Bonchev–Trinajstić information content (AvgIpc) is 3.12. The lowest BCUT2D eigenvalue weighted by molar-refractivity contribution is -0.120. The molecule has 0 spiro atoms. The van der Waals surface area contributed by atoms with Gasteiger partial charge in [0.05, 0.1) is 41.7 Å². The maximum atomic E-state index is 14.8. The van der Waals surface area contributed by atoms with E-state index in [-0.39, 0.29) is 35.7 Å². The van der Waals surface area contributed by atoms with Gasteiger partial charge in [-0.3, -0.25) is 4.79 Å². The summed E-state index contributed by atoms with van der Waals surface area (Å²) in [6.07, 6.45) is 4.30. The van der Waals surface area contributed by atoms with Gasteiger partial charge in [-0.1, -0.05) is 18.3 Å². The van der Waals surface area contributed by atoms with Crippen LogP contribution in [0.3, 0.4) is 0 Å². The van der Waals surface area contributed by atoms with Crippen LogP contribution in [0.1, 0.15) is 52.9 Å². The summed E-state index contributed by atoms with van der Waals surface area (Å²) in [5.41, 5.74) is 0.588. The van der Waals surface area contributed by atoms with Crippen LogP contribution in [0, 0.1) is 5.82 Å². The molecule has 1 fully saturated rings. The highest BCUT2D eigenvalue weighted by molar-refractivity contribution is 7.20. The van der Waals surface area contributed by atoms with Crippen molar-refractivity contribution in [3.05, 3.63) is 17.9 Å². The quantitative estimate of drug-likeness (QED) is 0.644. The molecule has 1 saturated carbocycles. The fourth-order valence-electron chi connectivity index (χ4n) is 3.50. The molecule has 1 aromatic carbocycles. The summed E-state index contributed by atoms with van der Waals surface area (Å²) >= 11 is 1.20. The van der Waals surface area contributed by atoms with E-state index in [4.69, 9.17) is 14.2 Å². The third-order valence-corrected chi connectivity index (χ3v) is 6.03. The molecule has 3 rings (SSSR count). The van der Waals surface area contributed by atoms with Gasteiger partial charge in [0.2, 0.25) is 5.91 Å². The number of rotatable bonds is 9. The van der Waals surface area contributed by atoms with E-state index in [1.54, 1.807) is 12.1 Å². The number of amides is 1. The van der Waals surface area contributed by atoms with Gasteiger partial charge in [0.15, 0.2) is 11.6 Å². The number of hydrogen-bond acceptors (Lipinski definition) is 6. The highest BCUT2D eigenvalue weighted by Crippen LogP contribution is 2.35. The zero-order valence-corrected chi connectivity index (χ0v) is 18.0. The molecule has 0 unspecified atom stereocenters. The molecule has 6 nitrogen and oxygen atoms in total. The molecule has 0 radical (unpaired) electrons. The van der Waals surface area contributed by atoms with E-state index in [0.29, 0.717) is 28.6 Å². The number of halogens is 1. The molecule has 1 aliphatic rings. The van der Waals surface area contributed by atoms with Gasteiger partial charge in [-0.15, -0.1) is 0 Å². The molecule has 1 N–H and O–H groups in total. The lowest BCUT2D eigenvalue weighted by Crippen LogP contribution is -2.38. The summed E-state index contributed by atoms with van der Waals surface area (Å²) in [4.78, 5) is 15.5. The van der Waals surface area contributed by atoms with E-state index in [1.807, 2.05) is 13.8 Å². The second kappa shape index (κ2) is 10.2. The SMILES string of the molecule is CCOc1nc2ccc(OC3CCC(OC[C@H](CC)NC(C)=O)CC3)c(F)c2s1. The Bertz CT molecular complexity index is 820. The summed E-state index contributed by atoms with van der Waals surface area (Å²) in [6.45, 7) is 6.44. The smallest absolute Gasteiger partial charge is 0.274 e. The molecular weight excluding hydrogens is 395 g/mol. The van der Waals surface area contributed by atoms with Crippen molar-refractivity contribution >= 4 is 27.5 Å². The number of fused-ring (bicyclic) bond motifs is 1. The van der Waals surface area contributed by atoms with Crippen molar-refractivity contribution < 1.29 is 23.4 Å². The number of hydrogen-bond donors (Lipinski definition) is 1. The van der Waals surface area contributed by atoms with Gasteiger partial charge in [0.25, 0.3) is 5.19 Å². The molecule has 1 amide bonds. The Balaban J connectivity index is 1.51. The largest absolute Gasteiger partial charge is 0.487 e. The van der Waals surface area contributed by atoms with Crippen molar-refractivity contribution in [1.29, 1.82) is 0 Å². The van der Waals surface area contributed by atoms with E-state index >= 15 is 0 Å². The van der Waals surface area contributed by atoms with Crippen LogP contribution < -0.4 is 14.8 Å². The second-order valence-corrected chi connectivity index (χ2v) is 8.26. The summed E-state index contributed by atoms with van der Waals surface area (Å²) < 4.78 is 32.6. The highest BCUT2D eigenvalue weighted by atomic mass is 32.1. The second-order valence-electron chi connectivity index (χ2n) is 7.29. The van der Waals surface area contributed by atoms with Crippen molar-refractivity contribution in [1.82, 2.24) is 10.3 Å². The van der Waals surface area contributed by atoms with Crippen molar-refractivity contribution in [3.8, 4) is 10.9 Å². The van der Waals surface area contributed by atoms with E-state index in [2.05, 4.69) is 10.3 Å². The van der Waals surface area contributed by atoms with Crippen LogP contribution in [0.2, 0.25) is 0 Å². The predicted octanol–water partition coefficient (Wildman–Crippen LogP) is 4.46. The van der Waals surface area contributed by atoms with Crippen molar-refractivity contribution in [2.75, 3.05) is 13.2 Å². The third-order valence-electron chi connectivity index (χ3n) is 5.06. The number of ether oxygens (including phenoxy) is 3. The molecule has 2 aromatic rings. The van der Waals surface area contributed by atoms with Crippen LogP contribution in [0.15, 0.2) is 12.1 Å². The maximum absolute atomic E-state index is 14.8. The van der Waals surface area contributed by atoms with Gasteiger partial charge < -0.3 is 19.5 Å².